The van der Waals surface area contributed by atoms with Crippen LogP contribution in [0.15, 0.2) is 0 Å². The molecule has 0 aliphatic heterocycles. The average molecular weight is 252 g/mol. The van der Waals surface area contributed by atoms with Crippen LogP contribution in [-0.2, 0) is 0 Å². The first kappa shape index (κ1) is 14.3. The van der Waals surface area contributed by atoms with Crippen molar-refractivity contribution >= 4 is 0 Å². The lowest BCUT2D eigenvalue weighted by Gasteiger charge is -2.47. The second-order valence-corrected chi connectivity index (χ2v) is 7.05. The summed E-state index contributed by atoms with van der Waals surface area (Å²) in [6, 6.07) is 2.36. The Morgan fingerprint density at radius 3 is 2.22 bits per heavy atom. The van der Waals surface area contributed by atoms with Crippen molar-refractivity contribution < 1.29 is 0 Å². The maximum atomic E-state index is 3.62. The molecule has 0 radical (unpaired) electrons. The third-order valence-corrected chi connectivity index (χ3v) is 5.25. The fourth-order valence-corrected chi connectivity index (χ4v) is 3.63. The van der Waals surface area contributed by atoms with Crippen molar-refractivity contribution in [1.29, 1.82) is 0 Å². The Kier molecular flexibility index (Phi) is 5.08. The van der Waals surface area contributed by atoms with Gasteiger partial charge in [0.15, 0.2) is 0 Å². The zero-order valence-electron chi connectivity index (χ0n) is 12.8. The fraction of sp³-hybridized carbons (Fsp3) is 1.00. The first-order valence-corrected chi connectivity index (χ1v) is 8.03. The molecule has 0 saturated heterocycles. The van der Waals surface area contributed by atoms with E-state index in [1.807, 2.05) is 0 Å². The van der Waals surface area contributed by atoms with Gasteiger partial charge in [0, 0.05) is 18.1 Å². The number of hydrogen-bond acceptors (Lipinski definition) is 2. The molecule has 1 N–H and O–H groups in total. The number of nitrogens with one attached hydrogen (secondary N) is 1. The SMILES string of the molecule is CC1CCC(N(C)C2CCC2CNC(C)C)CC1. The van der Waals surface area contributed by atoms with E-state index in [0.717, 1.165) is 23.9 Å². The smallest absolute Gasteiger partial charge is 0.0136 e. The second-order valence-electron chi connectivity index (χ2n) is 7.05. The molecule has 0 spiro atoms. The van der Waals surface area contributed by atoms with E-state index in [1.165, 1.54) is 45.1 Å². The molecule has 0 aromatic carbocycles. The normalized spacial score (nSPS) is 37.0. The lowest BCUT2D eigenvalue weighted by Crippen LogP contribution is -2.53. The highest BCUT2D eigenvalue weighted by Crippen LogP contribution is 2.36. The second kappa shape index (κ2) is 6.38. The zero-order valence-corrected chi connectivity index (χ0v) is 12.8. The van der Waals surface area contributed by atoms with Crippen molar-refractivity contribution in [1.82, 2.24) is 10.2 Å². The average Bonchev–Trinajstić information content (AvgIpc) is 2.28. The summed E-state index contributed by atoms with van der Waals surface area (Å²) in [7, 11) is 2.38. The molecule has 2 fully saturated rings. The van der Waals surface area contributed by atoms with Crippen molar-refractivity contribution in [2.45, 2.75) is 77.4 Å². The molecule has 2 aliphatic carbocycles. The van der Waals surface area contributed by atoms with Gasteiger partial charge in [-0.1, -0.05) is 20.8 Å². The Labute approximate surface area is 114 Å². The van der Waals surface area contributed by atoms with Crippen LogP contribution < -0.4 is 5.32 Å². The van der Waals surface area contributed by atoms with Gasteiger partial charge in [-0.15, -0.1) is 0 Å². The van der Waals surface area contributed by atoms with E-state index in [4.69, 9.17) is 0 Å². The van der Waals surface area contributed by atoms with E-state index in [9.17, 15) is 0 Å². The molecule has 18 heavy (non-hydrogen) atoms. The predicted molar refractivity (Wildman–Crippen MR) is 78.8 cm³/mol. The van der Waals surface area contributed by atoms with Crippen LogP contribution in [0.1, 0.15) is 59.3 Å². The van der Waals surface area contributed by atoms with Gasteiger partial charge in [0.2, 0.25) is 0 Å². The lowest BCUT2D eigenvalue weighted by molar-refractivity contribution is 0.0305. The highest BCUT2D eigenvalue weighted by molar-refractivity contribution is 4.92. The largest absolute Gasteiger partial charge is 0.314 e. The Balaban J connectivity index is 1.76. The third kappa shape index (κ3) is 3.48. The van der Waals surface area contributed by atoms with Crippen LogP contribution in [0.25, 0.3) is 0 Å². The highest BCUT2D eigenvalue weighted by atomic mass is 15.2. The first-order chi connectivity index (χ1) is 8.58. The van der Waals surface area contributed by atoms with Gasteiger partial charge >= 0.3 is 0 Å². The van der Waals surface area contributed by atoms with E-state index in [-0.39, 0.29) is 0 Å². The maximum Gasteiger partial charge on any atom is 0.0136 e. The summed E-state index contributed by atoms with van der Waals surface area (Å²) in [5.74, 6) is 1.87. The fourth-order valence-electron chi connectivity index (χ4n) is 3.63. The van der Waals surface area contributed by atoms with Crippen molar-refractivity contribution in [2.75, 3.05) is 13.6 Å². The summed E-state index contributed by atoms with van der Waals surface area (Å²) in [5.41, 5.74) is 0. The van der Waals surface area contributed by atoms with E-state index >= 15 is 0 Å². The lowest BCUT2D eigenvalue weighted by atomic mass is 9.76. The van der Waals surface area contributed by atoms with Gasteiger partial charge in [-0.3, -0.25) is 0 Å². The summed E-state index contributed by atoms with van der Waals surface area (Å²) >= 11 is 0. The summed E-state index contributed by atoms with van der Waals surface area (Å²) in [4.78, 5) is 2.72. The molecule has 106 valence electrons. The van der Waals surface area contributed by atoms with Gasteiger partial charge in [0.1, 0.15) is 0 Å². The van der Waals surface area contributed by atoms with E-state index in [0.29, 0.717) is 6.04 Å². The van der Waals surface area contributed by atoms with Crippen LogP contribution in [0.3, 0.4) is 0 Å². The monoisotopic (exact) mass is 252 g/mol. The van der Waals surface area contributed by atoms with Gasteiger partial charge in [-0.05, 0) is 64.0 Å². The molecule has 2 nitrogen and oxygen atoms in total. The summed E-state index contributed by atoms with van der Waals surface area (Å²) in [6.45, 7) is 8.13. The minimum absolute atomic E-state index is 0.632. The van der Waals surface area contributed by atoms with Gasteiger partial charge < -0.3 is 10.2 Å². The highest BCUT2D eigenvalue weighted by Gasteiger charge is 2.37. The molecule has 2 unspecified atom stereocenters. The Morgan fingerprint density at radius 2 is 1.72 bits per heavy atom. The summed E-state index contributed by atoms with van der Waals surface area (Å²) in [6.07, 6.45) is 8.59. The van der Waals surface area contributed by atoms with Crippen LogP contribution in [0, 0.1) is 11.8 Å². The Morgan fingerprint density at radius 1 is 1.06 bits per heavy atom. The van der Waals surface area contributed by atoms with Crippen molar-refractivity contribution in [3.8, 4) is 0 Å². The van der Waals surface area contributed by atoms with Gasteiger partial charge in [0.25, 0.3) is 0 Å². The molecule has 2 heteroatoms. The van der Waals surface area contributed by atoms with Gasteiger partial charge in [0.05, 0.1) is 0 Å². The zero-order chi connectivity index (χ0) is 13.1. The first-order valence-electron chi connectivity index (χ1n) is 8.03. The molecule has 2 atom stereocenters. The van der Waals surface area contributed by atoms with E-state index in [1.54, 1.807) is 0 Å². The standard InChI is InChI=1S/C16H32N2/c1-12(2)17-11-14-7-10-16(14)18(4)15-8-5-13(3)6-9-15/h12-17H,5-11H2,1-4H3. The minimum atomic E-state index is 0.632. The number of rotatable bonds is 5. The molecular formula is C16H32N2. The van der Waals surface area contributed by atoms with Crippen LogP contribution in [0.4, 0.5) is 0 Å². The van der Waals surface area contributed by atoms with E-state index in [2.05, 4.69) is 38.0 Å². The Hall–Kier alpha value is -0.0800. The summed E-state index contributed by atoms with van der Waals surface area (Å²) in [5, 5.41) is 3.62. The molecule has 2 rings (SSSR count). The molecule has 0 aromatic heterocycles. The number of hydrogen-bond donors (Lipinski definition) is 1. The molecule has 2 saturated carbocycles. The maximum absolute atomic E-state index is 3.62. The van der Waals surface area contributed by atoms with Crippen LogP contribution in [0.5, 0.6) is 0 Å². The predicted octanol–water partition coefficient (Wildman–Crippen LogP) is 3.27. The third-order valence-electron chi connectivity index (χ3n) is 5.25. The molecule has 0 heterocycles. The molecule has 2 aliphatic rings. The van der Waals surface area contributed by atoms with Crippen LogP contribution >= 0.6 is 0 Å². The molecular weight excluding hydrogens is 220 g/mol. The molecule has 0 aromatic rings. The van der Waals surface area contributed by atoms with E-state index < -0.39 is 0 Å². The van der Waals surface area contributed by atoms with Crippen molar-refractivity contribution in [3.05, 3.63) is 0 Å². The topological polar surface area (TPSA) is 15.3 Å². The quantitative estimate of drug-likeness (QED) is 0.808. The van der Waals surface area contributed by atoms with Crippen LogP contribution in [0.2, 0.25) is 0 Å². The van der Waals surface area contributed by atoms with Gasteiger partial charge in [-0.2, -0.15) is 0 Å². The Bertz CT molecular complexity index is 243. The van der Waals surface area contributed by atoms with Crippen LogP contribution in [-0.4, -0.2) is 36.6 Å². The van der Waals surface area contributed by atoms with Crippen molar-refractivity contribution in [3.63, 3.8) is 0 Å². The molecule has 0 bridgehead atoms. The van der Waals surface area contributed by atoms with Gasteiger partial charge in [-0.25, -0.2) is 0 Å². The number of nitrogens with zero attached hydrogens (tertiary/aromatic N) is 1. The van der Waals surface area contributed by atoms with Crippen molar-refractivity contribution in [2.24, 2.45) is 11.8 Å². The summed E-state index contributed by atoms with van der Waals surface area (Å²) < 4.78 is 0. The minimum Gasteiger partial charge on any atom is -0.314 e. The molecule has 0 amide bonds.